The van der Waals surface area contributed by atoms with Crippen LogP contribution in [0.25, 0.3) is 0 Å². The minimum atomic E-state index is -1.07. The van der Waals surface area contributed by atoms with Crippen LogP contribution in [-0.2, 0) is 14.3 Å². The molecular formula is C9H12O5. The number of carbonyl (C=O) groups is 2. The summed E-state index contributed by atoms with van der Waals surface area (Å²) in [6.07, 6.45) is 0.869. The first-order valence-corrected chi connectivity index (χ1v) is 4.59. The van der Waals surface area contributed by atoms with Gasteiger partial charge in [0.05, 0.1) is 17.6 Å². The van der Waals surface area contributed by atoms with Crippen molar-refractivity contribution in [1.82, 2.24) is 0 Å². The Balaban J connectivity index is 2.35. The predicted molar refractivity (Wildman–Crippen MR) is 44.8 cm³/mol. The topological polar surface area (TPSA) is 83.8 Å². The quantitative estimate of drug-likeness (QED) is 0.671. The summed E-state index contributed by atoms with van der Waals surface area (Å²) in [6.45, 7) is 1.69. The molecular weight excluding hydrogens is 188 g/mol. The molecule has 0 aromatic carbocycles. The lowest BCUT2D eigenvalue weighted by atomic mass is 9.72. The Morgan fingerprint density at radius 2 is 2.00 bits per heavy atom. The SMILES string of the molecule is C[C@]12CC[C@H](O1)[C@@H](C(=O)O)[C@@H]2C(=O)O. The molecule has 2 aliphatic heterocycles. The van der Waals surface area contributed by atoms with E-state index in [1.807, 2.05) is 0 Å². The molecule has 2 bridgehead atoms. The molecule has 2 saturated heterocycles. The molecule has 14 heavy (non-hydrogen) atoms. The first-order valence-electron chi connectivity index (χ1n) is 4.59. The van der Waals surface area contributed by atoms with Gasteiger partial charge in [-0.1, -0.05) is 0 Å². The Morgan fingerprint density at radius 3 is 2.43 bits per heavy atom. The number of carboxylic acids is 2. The fraction of sp³-hybridized carbons (Fsp3) is 0.778. The van der Waals surface area contributed by atoms with Gasteiger partial charge in [0.15, 0.2) is 0 Å². The minimum absolute atomic E-state index is 0.418. The summed E-state index contributed by atoms with van der Waals surface area (Å²) in [4.78, 5) is 21.9. The Hall–Kier alpha value is -1.10. The smallest absolute Gasteiger partial charge is 0.310 e. The zero-order valence-corrected chi connectivity index (χ0v) is 7.77. The molecule has 0 saturated carbocycles. The largest absolute Gasteiger partial charge is 0.481 e. The van der Waals surface area contributed by atoms with Crippen LogP contribution in [0.15, 0.2) is 0 Å². The summed E-state index contributed by atoms with van der Waals surface area (Å²) in [7, 11) is 0. The van der Waals surface area contributed by atoms with E-state index in [1.165, 1.54) is 0 Å². The van der Waals surface area contributed by atoms with Crippen LogP contribution in [0, 0.1) is 11.8 Å². The van der Waals surface area contributed by atoms with Crippen LogP contribution in [0.3, 0.4) is 0 Å². The molecule has 0 aromatic heterocycles. The van der Waals surface area contributed by atoms with Crippen molar-refractivity contribution >= 4 is 11.9 Å². The van der Waals surface area contributed by atoms with E-state index >= 15 is 0 Å². The average molecular weight is 200 g/mol. The van der Waals surface area contributed by atoms with Crippen LogP contribution >= 0.6 is 0 Å². The molecule has 5 heteroatoms. The zero-order valence-electron chi connectivity index (χ0n) is 7.77. The molecule has 4 atom stereocenters. The predicted octanol–water partition coefficient (Wildman–Crippen LogP) is 0.339. The van der Waals surface area contributed by atoms with Gasteiger partial charge >= 0.3 is 11.9 Å². The Bertz CT molecular complexity index is 300. The fourth-order valence-electron chi connectivity index (χ4n) is 2.69. The van der Waals surface area contributed by atoms with Crippen molar-refractivity contribution in [1.29, 1.82) is 0 Å². The second-order valence-electron chi connectivity index (χ2n) is 4.19. The third-order valence-corrected chi connectivity index (χ3v) is 3.31. The highest BCUT2D eigenvalue weighted by Gasteiger charge is 2.62. The van der Waals surface area contributed by atoms with Crippen LogP contribution < -0.4 is 0 Å². The number of aliphatic carboxylic acids is 2. The number of carboxylic acid groups (broad SMARTS) is 2. The van der Waals surface area contributed by atoms with E-state index in [0.29, 0.717) is 12.8 Å². The van der Waals surface area contributed by atoms with E-state index in [4.69, 9.17) is 14.9 Å². The Labute approximate surface area is 80.7 Å². The van der Waals surface area contributed by atoms with Gasteiger partial charge in [-0.25, -0.2) is 0 Å². The summed E-state index contributed by atoms with van der Waals surface area (Å²) in [5.41, 5.74) is -0.778. The second kappa shape index (κ2) is 2.70. The van der Waals surface area contributed by atoms with Gasteiger partial charge < -0.3 is 14.9 Å². The van der Waals surface area contributed by atoms with E-state index < -0.39 is 35.5 Å². The molecule has 2 N–H and O–H groups in total. The van der Waals surface area contributed by atoms with E-state index in [2.05, 4.69) is 0 Å². The summed E-state index contributed by atoms with van der Waals surface area (Å²) in [6, 6.07) is 0. The van der Waals surface area contributed by atoms with Crippen LogP contribution in [-0.4, -0.2) is 33.9 Å². The number of hydrogen-bond acceptors (Lipinski definition) is 3. The van der Waals surface area contributed by atoms with Crippen molar-refractivity contribution < 1.29 is 24.5 Å². The molecule has 0 radical (unpaired) electrons. The van der Waals surface area contributed by atoms with E-state index in [9.17, 15) is 9.59 Å². The third kappa shape index (κ3) is 1.05. The van der Waals surface area contributed by atoms with E-state index in [0.717, 1.165) is 0 Å². The summed E-state index contributed by atoms with van der Waals surface area (Å²) in [5.74, 6) is -3.92. The van der Waals surface area contributed by atoms with Crippen LogP contribution in [0.4, 0.5) is 0 Å². The van der Waals surface area contributed by atoms with Crippen molar-refractivity contribution in [3.63, 3.8) is 0 Å². The van der Waals surface area contributed by atoms with Crippen LogP contribution in [0.1, 0.15) is 19.8 Å². The van der Waals surface area contributed by atoms with Gasteiger partial charge in [-0.2, -0.15) is 0 Å². The molecule has 0 amide bonds. The standard InChI is InChI=1S/C9H12O5/c1-9-3-2-4(14-9)5(7(10)11)6(9)8(12)13/h4-6H,2-3H2,1H3,(H,10,11)(H,12,13)/t4-,5+,6+,9+/m0/s1. The first kappa shape index (κ1) is 9.45. The maximum atomic E-state index is 11.0. The lowest BCUT2D eigenvalue weighted by Gasteiger charge is -2.28. The maximum absolute atomic E-state index is 11.0. The third-order valence-electron chi connectivity index (χ3n) is 3.31. The second-order valence-corrected chi connectivity index (χ2v) is 4.19. The zero-order chi connectivity index (χ0) is 10.5. The average Bonchev–Trinajstić information content (AvgIpc) is 2.55. The highest BCUT2D eigenvalue weighted by Crippen LogP contribution is 2.51. The number of fused-ring (bicyclic) bond motifs is 2. The summed E-state index contributed by atoms with van der Waals surface area (Å²) in [5, 5.41) is 17.9. The number of ether oxygens (including phenoxy) is 1. The van der Waals surface area contributed by atoms with Gasteiger partial charge in [-0.3, -0.25) is 9.59 Å². The highest BCUT2D eigenvalue weighted by atomic mass is 16.5. The monoisotopic (exact) mass is 200 g/mol. The van der Waals surface area contributed by atoms with Gasteiger partial charge in [0, 0.05) is 0 Å². The van der Waals surface area contributed by atoms with E-state index in [-0.39, 0.29) is 0 Å². The lowest BCUT2D eigenvalue weighted by molar-refractivity contribution is -0.155. The maximum Gasteiger partial charge on any atom is 0.310 e. The van der Waals surface area contributed by atoms with Gasteiger partial charge in [0.1, 0.15) is 5.92 Å². The molecule has 2 rings (SSSR count). The Morgan fingerprint density at radius 1 is 1.36 bits per heavy atom. The lowest BCUT2D eigenvalue weighted by Crippen LogP contribution is -2.43. The number of rotatable bonds is 2. The van der Waals surface area contributed by atoms with Gasteiger partial charge in [0.2, 0.25) is 0 Å². The fourth-order valence-corrected chi connectivity index (χ4v) is 2.69. The van der Waals surface area contributed by atoms with Gasteiger partial charge in [-0.05, 0) is 19.8 Å². The van der Waals surface area contributed by atoms with Crippen molar-refractivity contribution in [2.75, 3.05) is 0 Å². The number of hydrogen-bond donors (Lipinski definition) is 2. The van der Waals surface area contributed by atoms with Crippen LogP contribution in [0.5, 0.6) is 0 Å². The van der Waals surface area contributed by atoms with E-state index in [1.54, 1.807) is 6.92 Å². The first-order chi connectivity index (χ1) is 6.46. The normalized spacial score (nSPS) is 45.4. The molecule has 0 aliphatic carbocycles. The summed E-state index contributed by atoms with van der Waals surface area (Å²) < 4.78 is 5.45. The highest BCUT2D eigenvalue weighted by molar-refractivity contribution is 5.82. The van der Waals surface area contributed by atoms with Gasteiger partial charge in [-0.15, -0.1) is 0 Å². The molecule has 0 aromatic rings. The van der Waals surface area contributed by atoms with Crippen molar-refractivity contribution in [3.8, 4) is 0 Å². The van der Waals surface area contributed by atoms with Crippen LogP contribution in [0.2, 0.25) is 0 Å². The Kier molecular flexibility index (Phi) is 1.82. The van der Waals surface area contributed by atoms with Gasteiger partial charge in [0.25, 0.3) is 0 Å². The molecule has 0 unspecified atom stereocenters. The molecule has 78 valence electrons. The van der Waals surface area contributed by atoms with Crippen molar-refractivity contribution in [2.45, 2.75) is 31.5 Å². The minimum Gasteiger partial charge on any atom is -0.481 e. The van der Waals surface area contributed by atoms with Crippen molar-refractivity contribution in [3.05, 3.63) is 0 Å². The molecule has 2 aliphatic rings. The molecule has 2 fully saturated rings. The molecule has 0 spiro atoms. The summed E-state index contributed by atoms with van der Waals surface area (Å²) >= 11 is 0. The van der Waals surface area contributed by atoms with Crippen molar-refractivity contribution in [2.24, 2.45) is 11.8 Å². The molecule has 5 nitrogen and oxygen atoms in total. The molecule has 2 heterocycles.